The summed E-state index contributed by atoms with van der Waals surface area (Å²) in [6.07, 6.45) is 0. The van der Waals surface area contributed by atoms with Crippen molar-refractivity contribution < 1.29 is 0 Å². The van der Waals surface area contributed by atoms with Crippen LogP contribution >= 0.6 is 11.3 Å². The van der Waals surface area contributed by atoms with Crippen LogP contribution < -0.4 is 0 Å². The summed E-state index contributed by atoms with van der Waals surface area (Å²) in [4.78, 5) is 2.84. The average molecular weight is 216 g/mol. The second kappa shape index (κ2) is 4.19. The minimum absolute atomic E-state index is 0.634. The van der Waals surface area contributed by atoms with E-state index in [2.05, 4.69) is 57.2 Å². The van der Waals surface area contributed by atoms with E-state index in [4.69, 9.17) is 0 Å². The summed E-state index contributed by atoms with van der Waals surface area (Å²) < 4.78 is 0. The summed E-state index contributed by atoms with van der Waals surface area (Å²) in [5, 5.41) is 0. The molecule has 0 aliphatic rings. The predicted octanol–water partition coefficient (Wildman–Crippen LogP) is 4.85. The molecule has 0 spiro atoms. The van der Waals surface area contributed by atoms with Gasteiger partial charge in [-0.15, -0.1) is 11.3 Å². The van der Waals surface area contributed by atoms with E-state index in [1.165, 1.54) is 20.9 Å². The summed E-state index contributed by atoms with van der Waals surface area (Å²) in [5.41, 5.74) is 2.65. The van der Waals surface area contributed by atoms with Gasteiger partial charge in [0.1, 0.15) is 0 Å². The first-order chi connectivity index (χ1) is 7.16. The van der Waals surface area contributed by atoms with Crippen LogP contribution in [0.15, 0.2) is 36.4 Å². The van der Waals surface area contributed by atoms with Gasteiger partial charge in [-0.1, -0.05) is 43.7 Å². The first-order valence-electron chi connectivity index (χ1n) is 5.33. The van der Waals surface area contributed by atoms with Crippen molar-refractivity contribution in [2.24, 2.45) is 0 Å². The Hall–Kier alpha value is -1.08. The van der Waals surface area contributed by atoms with E-state index in [0.29, 0.717) is 5.92 Å². The third kappa shape index (κ3) is 2.29. The maximum atomic E-state index is 2.24. The lowest BCUT2D eigenvalue weighted by Crippen LogP contribution is -1.77. The molecule has 1 aromatic carbocycles. The largest absolute Gasteiger partial charge is 0.140 e. The van der Waals surface area contributed by atoms with Gasteiger partial charge in [0.05, 0.1) is 0 Å². The van der Waals surface area contributed by atoms with Gasteiger partial charge in [0.2, 0.25) is 0 Å². The maximum Gasteiger partial charge on any atom is 0.0345 e. The first-order valence-corrected chi connectivity index (χ1v) is 6.15. The van der Waals surface area contributed by atoms with Crippen LogP contribution in [0.2, 0.25) is 0 Å². The second-order valence-electron chi connectivity index (χ2n) is 4.22. The molecule has 2 aromatic rings. The van der Waals surface area contributed by atoms with Crippen molar-refractivity contribution in [3.8, 4) is 10.4 Å². The number of rotatable bonds is 2. The van der Waals surface area contributed by atoms with Gasteiger partial charge in [0.25, 0.3) is 0 Å². The number of aryl methyl sites for hydroxylation is 1. The van der Waals surface area contributed by atoms with Crippen molar-refractivity contribution in [2.45, 2.75) is 26.7 Å². The van der Waals surface area contributed by atoms with Gasteiger partial charge in [-0.2, -0.15) is 0 Å². The maximum absolute atomic E-state index is 2.24. The molecule has 2 rings (SSSR count). The minimum atomic E-state index is 0.634. The van der Waals surface area contributed by atoms with E-state index in [1.807, 2.05) is 11.3 Å². The fraction of sp³-hybridized carbons (Fsp3) is 0.286. The van der Waals surface area contributed by atoms with Gasteiger partial charge in [-0.05, 0) is 30.5 Å². The Morgan fingerprint density at radius 3 is 2.13 bits per heavy atom. The SMILES string of the molecule is Cc1ccc(-c2ccc(C(C)C)s2)cc1. The van der Waals surface area contributed by atoms with Crippen molar-refractivity contribution in [3.05, 3.63) is 46.8 Å². The van der Waals surface area contributed by atoms with Gasteiger partial charge < -0.3 is 0 Å². The Kier molecular flexibility index (Phi) is 2.92. The molecule has 0 unspecified atom stereocenters. The Balaban J connectivity index is 2.33. The summed E-state index contributed by atoms with van der Waals surface area (Å²) >= 11 is 1.90. The molecule has 1 heteroatoms. The monoisotopic (exact) mass is 216 g/mol. The van der Waals surface area contributed by atoms with Gasteiger partial charge in [-0.3, -0.25) is 0 Å². The van der Waals surface area contributed by atoms with E-state index in [-0.39, 0.29) is 0 Å². The van der Waals surface area contributed by atoms with Crippen molar-refractivity contribution in [2.75, 3.05) is 0 Å². The Bertz CT molecular complexity index is 435. The highest BCUT2D eigenvalue weighted by Crippen LogP contribution is 2.31. The van der Waals surface area contributed by atoms with E-state index in [1.54, 1.807) is 0 Å². The zero-order valence-electron chi connectivity index (χ0n) is 9.45. The Morgan fingerprint density at radius 2 is 1.60 bits per heavy atom. The smallest absolute Gasteiger partial charge is 0.0345 e. The van der Waals surface area contributed by atoms with E-state index >= 15 is 0 Å². The fourth-order valence-corrected chi connectivity index (χ4v) is 2.55. The zero-order chi connectivity index (χ0) is 10.8. The topological polar surface area (TPSA) is 0 Å². The summed E-state index contributed by atoms with van der Waals surface area (Å²) in [6, 6.07) is 13.2. The molecule has 0 nitrogen and oxygen atoms in total. The lowest BCUT2D eigenvalue weighted by molar-refractivity contribution is 0.890. The average Bonchev–Trinajstić information content (AvgIpc) is 2.68. The van der Waals surface area contributed by atoms with Crippen LogP contribution in [0.4, 0.5) is 0 Å². The van der Waals surface area contributed by atoms with Crippen molar-refractivity contribution in [3.63, 3.8) is 0 Å². The molecule has 1 aromatic heterocycles. The zero-order valence-corrected chi connectivity index (χ0v) is 10.3. The van der Waals surface area contributed by atoms with Crippen LogP contribution in [0.1, 0.15) is 30.2 Å². The number of hydrogen-bond acceptors (Lipinski definition) is 1. The quantitative estimate of drug-likeness (QED) is 0.673. The lowest BCUT2D eigenvalue weighted by atomic mass is 10.1. The molecule has 0 aliphatic heterocycles. The van der Waals surface area contributed by atoms with Crippen molar-refractivity contribution in [1.29, 1.82) is 0 Å². The van der Waals surface area contributed by atoms with Gasteiger partial charge in [0, 0.05) is 9.75 Å². The Labute approximate surface area is 95.6 Å². The number of hydrogen-bond donors (Lipinski definition) is 0. The van der Waals surface area contributed by atoms with Crippen LogP contribution in [0.25, 0.3) is 10.4 Å². The number of thiophene rings is 1. The van der Waals surface area contributed by atoms with Crippen LogP contribution in [0, 0.1) is 6.92 Å². The van der Waals surface area contributed by atoms with Crippen LogP contribution in [-0.4, -0.2) is 0 Å². The van der Waals surface area contributed by atoms with E-state index in [0.717, 1.165) is 0 Å². The highest BCUT2D eigenvalue weighted by atomic mass is 32.1. The molecular weight excluding hydrogens is 200 g/mol. The first kappa shape index (κ1) is 10.4. The molecule has 1 heterocycles. The lowest BCUT2D eigenvalue weighted by Gasteiger charge is -1.99. The molecule has 0 bridgehead atoms. The number of benzene rings is 1. The summed E-state index contributed by atoms with van der Waals surface area (Å²) in [7, 11) is 0. The fourth-order valence-electron chi connectivity index (χ4n) is 1.54. The molecule has 78 valence electrons. The van der Waals surface area contributed by atoms with Crippen LogP contribution in [0.3, 0.4) is 0 Å². The summed E-state index contributed by atoms with van der Waals surface area (Å²) in [6.45, 7) is 6.60. The van der Waals surface area contributed by atoms with E-state index < -0.39 is 0 Å². The predicted molar refractivity (Wildman–Crippen MR) is 68.6 cm³/mol. The Morgan fingerprint density at radius 1 is 0.933 bits per heavy atom. The molecule has 0 N–H and O–H groups in total. The van der Waals surface area contributed by atoms with Crippen LogP contribution in [0.5, 0.6) is 0 Å². The van der Waals surface area contributed by atoms with Crippen molar-refractivity contribution in [1.82, 2.24) is 0 Å². The molecule has 0 fully saturated rings. The molecular formula is C14H16S. The normalized spacial score (nSPS) is 10.9. The highest BCUT2D eigenvalue weighted by Gasteiger charge is 2.05. The van der Waals surface area contributed by atoms with E-state index in [9.17, 15) is 0 Å². The van der Waals surface area contributed by atoms with Gasteiger partial charge >= 0.3 is 0 Å². The summed E-state index contributed by atoms with van der Waals surface area (Å²) in [5.74, 6) is 0.634. The van der Waals surface area contributed by atoms with Gasteiger partial charge in [0.15, 0.2) is 0 Å². The van der Waals surface area contributed by atoms with Crippen LogP contribution in [-0.2, 0) is 0 Å². The third-order valence-electron chi connectivity index (χ3n) is 2.53. The van der Waals surface area contributed by atoms with Crippen molar-refractivity contribution >= 4 is 11.3 Å². The molecule has 0 atom stereocenters. The molecule has 0 saturated heterocycles. The second-order valence-corrected chi connectivity index (χ2v) is 5.34. The standard InChI is InChI=1S/C14H16S/c1-10(2)13-8-9-14(15-13)12-6-4-11(3)5-7-12/h4-10H,1-3H3. The molecule has 0 saturated carbocycles. The van der Waals surface area contributed by atoms with Gasteiger partial charge in [-0.25, -0.2) is 0 Å². The molecule has 0 radical (unpaired) electrons. The third-order valence-corrected chi connectivity index (χ3v) is 3.97. The molecule has 15 heavy (non-hydrogen) atoms. The molecule has 0 aliphatic carbocycles. The highest BCUT2D eigenvalue weighted by molar-refractivity contribution is 7.15. The minimum Gasteiger partial charge on any atom is -0.140 e. The molecule has 0 amide bonds.